The Morgan fingerprint density at radius 1 is 0.897 bits per heavy atom. The monoisotopic (exact) mass is 398 g/mol. The molecule has 4 N–H and O–H groups in total. The van der Waals surface area contributed by atoms with Crippen LogP contribution in [0.3, 0.4) is 0 Å². The number of nitrogens with one attached hydrogen (secondary N) is 4. The smallest absolute Gasteiger partial charge is 0.279 e. The lowest BCUT2D eigenvalue weighted by atomic mass is 10.2. The number of rotatable bonds is 7. The van der Waals surface area contributed by atoms with Gasteiger partial charge in [0.25, 0.3) is 11.8 Å². The summed E-state index contributed by atoms with van der Waals surface area (Å²) in [6.45, 7) is 7.24. The van der Waals surface area contributed by atoms with Crippen LogP contribution in [0.2, 0.25) is 0 Å². The van der Waals surface area contributed by atoms with Gasteiger partial charge in [-0.25, -0.2) is 0 Å². The molecule has 0 saturated carbocycles. The molecular weight excluding hydrogens is 368 g/mol. The second-order valence-electron chi connectivity index (χ2n) is 7.42. The van der Waals surface area contributed by atoms with Gasteiger partial charge in [0.05, 0.1) is 13.7 Å². The van der Waals surface area contributed by atoms with Crippen molar-refractivity contribution < 1.29 is 24.1 Å². The predicted molar refractivity (Wildman–Crippen MR) is 113 cm³/mol. The van der Waals surface area contributed by atoms with Crippen LogP contribution in [0, 0.1) is 0 Å². The van der Waals surface area contributed by atoms with Crippen molar-refractivity contribution >= 4 is 23.2 Å². The minimum absolute atomic E-state index is 0.00569. The Kier molecular flexibility index (Phi) is 7.21. The van der Waals surface area contributed by atoms with Crippen molar-refractivity contribution in [1.29, 1.82) is 0 Å². The van der Waals surface area contributed by atoms with Crippen LogP contribution in [-0.2, 0) is 4.79 Å². The SMILES string of the molecule is CCOc1ccc(NC(=O)c2ccc(NC(=O)C[NH+]3CC[NH+](C)CC3)cc2)cc1. The fourth-order valence-electron chi connectivity index (χ4n) is 3.35. The molecule has 2 aromatic rings. The van der Waals surface area contributed by atoms with E-state index in [9.17, 15) is 9.59 Å². The summed E-state index contributed by atoms with van der Waals surface area (Å²) >= 11 is 0. The quantitative estimate of drug-likeness (QED) is 0.517. The van der Waals surface area contributed by atoms with E-state index < -0.39 is 0 Å². The zero-order chi connectivity index (χ0) is 20.6. The van der Waals surface area contributed by atoms with Crippen molar-refractivity contribution in [2.45, 2.75) is 6.92 Å². The standard InChI is InChI=1S/C22H28N4O3/c1-3-29-20-10-8-19(9-11-20)24-22(28)17-4-6-18(7-5-17)23-21(27)16-26-14-12-25(2)13-15-26/h4-11H,3,12-16H2,1-2H3,(H,23,27)(H,24,28)/p+2. The molecule has 1 heterocycles. The van der Waals surface area contributed by atoms with Crippen LogP contribution in [-0.4, -0.2) is 58.2 Å². The van der Waals surface area contributed by atoms with Gasteiger partial charge in [-0.2, -0.15) is 0 Å². The van der Waals surface area contributed by atoms with E-state index in [-0.39, 0.29) is 11.8 Å². The fourth-order valence-corrected chi connectivity index (χ4v) is 3.35. The van der Waals surface area contributed by atoms with Gasteiger partial charge in [-0.3, -0.25) is 9.59 Å². The first-order valence-electron chi connectivity index (χ1n) is 10.1. The number of carbonyl (C=O) groups excluding carboxylic acids is 2. The molecule has 0 unspecified atom stereocenters. The van der Waals surface area contributed by atoms with Gasteiger partial charge in [-0.1, -0.05) is 0 Å². The highest BCUT2D eigenvalue weighted by atomic mass is 16.5. The van der Waals surface area contributed by atoms with Crippen LogP contribution in [0.15, 0.2) is 48.5 Å². The highest BCUT2D eigenvalue weighted by Gasteiger charge is 2.22. The van der Waals surface area contributed by atoms with Gasteiger partial charge < -0.3 is 25.2 Å². The van der Waals surface area contributed by atoms with E-state index in [0.29, 0.717) is 30.1 Å². The third-order valence-corrected chi connectivity index (χ3v) is 5.08. The second kappa shape index (κ2) is 10.0. The maximum atomic E-state index is 12.4. The van der Waals surface area contributed by atoms with Crippen LogP contribution < -0.4 is 25.2 Å². The van der Waals surface area contributed by atoms with Crippen molar-refractivity contribution in [3.8, 4) is 5.75 Å². The van der Waals surface area contributed by atoms with E-state index in [2.05, 4.69) is 17.7 Å². The Hall–Kier alpha value is -2.90. The van der Waals surface area contributed by atoms with Gasteiger partial charge >= 0.3 is 0 Å². The number of ether oxygens (including phenoxy) is 1. The molecule has 1 aliphatic rings. The number of hydrogen-bond acceptors (Lipinski definition) is 3. The highest BCUT2D eigenvalue weighted by molar-refractivity contribution is 6.04. The van der Waals surface area contributed by atoms with Gasteiger partial charge in [0.1, 0.15) is 31.9 Å². The zero-order valence-electron chi connectivity index (χ0n) is 17.1. The van der Waals surface area contributed by atoms with Gasteiger partial charge in [-0.05, 0) is 55.5 Å². The highest BCUT2D eigenvalue weighted by Crippen LogP contribution is 2.17. The van der Waals surface area contributed by atoms with Crippen molar-refractivity contribution in [3.63, 3.8) is 0 Å². The summed E-state index contributed by atoms with van der Waals surface area (Å²) in [5, 5.41) is 5.78. The molecule has 29 heavy (non-hydrogen) atoms. The molecule has 0 spiro atoms. The molecule has 7 heteroatoms. The number of benzene rings is 2. The minimum Gasteiger partial charge on any atom is -0.494 e. The summed E-state index contributed by atoms with van der Waals surface area (Å²) in [7, 11) is 2.18. The fraction of sp³-hybridized carbons (Fsp3) is 0.364. The Labute approximate surface area is 171 Å². The summed E-state index contributed by atoms with van der Waals surface area (Å²) in [5.74, 6) is 0.577. The number of anilines is 2. The van der Waals surface area contributed by atoms with Crippen molar-refractivity contribution in [2.75, 3.05) is 57.0 Å². The Bertz CT molecular complexity index is 813. The first kappa shape index (κ1) is 20.8. The molecule has 7 nitrogen and oxygen atoms in total. The Balaban J connectivity index is 1.49. The molecule has 0 aromatic heterocycles. The normalized spacial score (nSPS) is 18.7. The van der Waals surface area contributed by atoms with Crippen LogP contribution in [0.5, 0.6) is 5.75 Å². The van der Waals surface area contributed by atoms with E-state index >= 15 is 0 Å². The van der Waals surface area contributed by atoms with E-state index in [1.54, 1.807) is 36.4 Å². The van der Waals surface area contributed by atoms with Crippen molar-refractivity contribution in [3.05, 3.63) is 54.1 Å². The van der Waals surface area contributed by atoms with Gasteiger partial charge in [0.15, 0.2) is 6.54 Å². The molecule has 2 amide bonds. The first-order chi connectivity index (χ1) is 14.0. The number of amides is 2. The Morgan fingerprint density at radius 3 is 2.10 bits per heavy atom. The average molecular weight is 399 g/mol. The Morgan fingerprint density at radius 2 is 1.48 bits per heavy atom. The number of piperazine rings is 1. The molecule has 0 radical (unpaired) electrons. The molecule has 2 aromatic carbocycles. The number of carbonyl (C=O) groups is 2. The molecule has 0 atom stereocenters. The number of quaternary nitrogens is 2. The minimum atomic E-state index is -0.198. The lowest BCUT2D eigenvalue weighted by Gasteiger charge is -2.26. The molecule has 0 aliphatic carbocycles. The lowest BCUT2D eigenvalue weighted by molar-refractivity contribution is -0.999. The van der Waals surface area contributed by atoms with Gasteiger partial charge in [-0.15, -0.1) is 0 Å². The van der Waals surface area contributed by atoms with Crippen LogP contribution in [0.4, 0.5) is 11.4 Å². The summed E-state index contributed by atoms with van der Waals surface area (Å²) in [4.78, 5) is 27.5. The topological polar surface area (TPSA) is 76.3 Å². The summed E-state index contributed by atoms with van der Waals surface area (Å²) in [6, 6.07) is 14.2. The van der Waals surface area contributed by atoms with Crippen LogP contribution >= 0.6 is 0 Å². The van der Waals surface area contributed by atoms with Crippen LogP contribution in [0.1, 0.15) is 17.3 Å². The molecule has 1 saturated heterocycles. The van der Waals surface area contributed by atoms with E-state index in [4.69, 9.17) is 4.74 Å². The van der Waals surface area contributed by atoms with Crippen molar-refractivity contribution in [1.82, 2.24) is 0 Å². The maximum absolute atomic E-state index is 12.4. The molecule has 1 fully saturated rings. The van der Waals surface area contributed by atoms with E-state index in [1.165, 1.54) is 9.80 Å². The summed E-state index contributed by atoms with van der Waals surface area (Å²) in [5.41, 5.74) is 1.93. The van der Waals surface area contributed by atoms with Gasteiger partial charge in [0.2, 0.25) is 0 Å². The van der Waals surface area contributed by atoms with E-state index in [1.807, 2.05) is 19.1 Å². The largest absolute Gasteiger partial charge is 0.494 e. The average Bonchev–Trinajstić information content (AvgIpc) is 2.72. The molecule has 3 rings (SSSR count). The predicted octanol–water partition coefficient (Wildman–Crippen LogP) is -0.311. The molecular formula is C22H30N4O3+2. The van der Waals surface area contributed by atoms with E-state index in [0.717, 1.165) is 31.9 Å². The summed E-state index contributed by atoms with van der Waals surface area (Å²) in [6.07, 6.45) is 0. The maximum Gasteiger partial charge on any atom is 0.279 e. The third-order valence-electron chi connectivity index (χ3n) is 5.08. The molecule has 1 aliphatic heterocycles. The van der Waals surface area contributed by atoms with Crippen LogP contribution in [0.25, 0.3) is 0 Å². The lowest BCUT2D eigenvalue weighted by Crippen LogP contribution is -3.27. The number of likely N-dealkylation sites (N-methyl/N-ethyl adjacent to an activating group) is 1. The van der Waals surface area contributed by atoms with Gasteiger partial charge in [0, 0.05) is 16.9 Å². The number of hydrogen-bond donors (Lipinski definition) is 4. The first-order valence-corrected chi connectivity index (χ1v) is 10.1. The molecule has 154 valence electrons. The third kappa shape index (κ3) is 6.30. The zero-order valence-corrected chi connectivity index (χ0v) is 17.1. The molecule has 0 bridgehead atoms. The summed E-state index contributed by atoms with van der Waals surface area (Å²) < 4.78 is 5.40. The van der Waals surface area contributed by atoms with Crippen molar-refractivity contribution in [2.24, 2.45) is 0 Å². The second-order valence-corrected chi connectivity index (χ2v) is 7.42.